The molecule has 2 fully saturated rings. The summed E-state index contributed by atoms with van der Waals surface area (Å²) in [5.41, 5.74) is 3.53. The number of ether oxygens (including phenoxy) is 1. The van der Waals surface area contributed by atoms with Crippen LogP contribution in [-0.2, 0) is 14.3 Å². The van der Waals surface area contributed by atoms with E-state index in [1.54, 1.807) is 23.1 Å². The summed E-state index contributed by atoms with van der Waals surface area (Å²) in [5.74, 6) is -1.08. The molecule has 9 heteroatoms. The minimum absolute atomic E-state index is 0.187. The summed E-state index contributed by atoms with van der Waals surface area (Å²) in [4.78, 5) is 53.7. The second kappa shape index (κ2) is 10.5. The van der Waals surface area contributed by atoms with Crippen LogP contribution in [0.2, 0.25) is 0 Å². The van der Waals surface area contributed by atoms with Gasteiger partial charge in [0.2, 0.25) is 5.91 Å². The quantitative estimate of drug-likeness (QED) is 0.453. The largest absolute Gasteiger partial charge is 0.465 e. The maximum absolute atomic E-state index is 13.0. The van der Waals surface area contributed by atoms with Crippen molar-refractivity contribution in [3.05, 3.63) is 57.8 Å². The van der Waals surface area contributed by atoms with E-state index in [0.29, 0.717) is 24.3 Å². The van der Waals surface area contributed by atoms with E-state index >= 15 is 0 Å². The molecule has 0 radical (unpaired) electrons. The third-order valence-corrected chi connectivity index (χ3v) is 7.34. The number of esters is 1. The minimum Gasteiger partial charge on any atom is -0.465 e. The van der Waals surface area contributed by atoms with E-state index in [2.05, 4.69) is 0 Å². The second-order valence-corrected chi connectivity index (χ2v) is 9.73. The molecule has 4 rings (SSSR count). The Bertz CT molecular complexity index is 1210. The smallest absolute Gasteiger partial charge is 0.339 e. The average Bonchev–Trinajstić information content (AvgIpc) is 3.13. The molecule has 35 heavy (non-hydrogen) atoms. The zero-order valence-electron chi connectivity index (χ0n) is 20.2. The minimum atomic E-state index is -0.456. The van der Waals surface area contributed by atoms with Gasteiger partial charge in [-0.25, -0.2) is 4.79 Å². The number of hydrogen-bond acceptors (Lipinski definition) is 6. The van der Waals surface area contributed by atoms with Gasteiger partial charge < -0.3 is 14.2 Å². The molecule has 0 bridgehead atoms. The van der Waals surface area contributed by atoms with E-state index < -0.39 is 17.1 Å². The van der Waals surface area contributed by atoms with E-state index in [9.17, 15) is 19.2 Å². The van der Waals surface area contributed by atoms with Crippen molar-refractivity contribution in [2.45, 2.75) is 39.5 Å². The van der Waals surface area contributed by atoms with Crippen LogP contribution in [-0.4, -0.2) is 64.1 Å². The van der Waals surface area contributed by atoms with E-state index in [4.69, 9.17) is 4.74 Å². The predicted octanol–water partition coefficient (Wildman–Crippen LogP) is 4.32. The maximum atomic E-state index is 13.0. The molecule has 3 amide bonds. The highest BCUT2D eigenvalue weighted by Crippen LogP contribution is 2.34. The zero-order chi connectivity index (χ0) is 25.1. The Kier molecular flexibility index (Phi) is 7.45. The highest BCUT2D eigenvalue weighted by molar-refractivity contribution is 8.18. The lowest BCUT2D eigenvalue weighted by Gasteiger charge is -2.22. The molecule has 184 valence electrons. The van der Waals surface area contributed by atoms with Crippen LogP contribution in [0, 0.1) is 13.8 Å². The van der Waals surface area contributed by atoms with Crippen molar-refractivity contribution >= 4 is 40.9 Å². The van der Waals surface area contributed by atoms with Crippen LogP contribution in [0.3, 0.4) is 0 Å². The third-order valence-electron chi connectivity index (χ3n) is 6.43. The monoisotopic (exact) mass is 495 g/mol. The van der Waals surface area contributed by atoms with Crippen molar-refractivity contribution in [1.82, 2.24) is 14.4 Å². The number of carbonyl (C=O) groups is 4. The van der Waals surface area contributed by atoms with Crippen LogP contribution in [0.1, 0.15) is 53.0 Å². The summed E-state index contributed by atoms with van der Waals surface area (Å²) in [5, 5.41) is -0.436. The predicted molar refractivity (Wildman–Crippen MR) is 134 cm³/mol. The Morgan fingerprint density at radius 1 is 1.06 bits per heavy atom. The van der Waals surface area contributed by atoms with Gasteiger partial charge in [0.1, 0.15) is 6.54 Å². The van der Waals surface area contributed by atoms with Gasteiger partial charge in [-0.1, -0.05) is 25.0 Å². The van der Waals surface area contributed by atoms with Gasteiger partial charge in [0, 0.05) is 24.5 Å². The van der Waals surface area contributed by atoms with Gasteiger partial charge in [0.15, 0.2) is 0 Å². The van der Waals surface area contributed by atoms with E-state index in [1.165, 1.54) is 7.11 Å². The van der Waals surface area contributed by atoms with Gasteiger partial charge in [0.05, 0.1) is 23.3 Å². The number of benzene rings is 1. The van der Waals surface area contributed by atoms with Crippen LogP contribution in [0.4, 0.5) is 4.79 Å². The first-order valence-corrected chi connectivity index (χ1v) is 12.5. The number of para-hydroxylation sites is 1. The summed E-state index contributed by atoms with van der Waals surface area (Å²) in [6.07, 6.45) is 5.76. The van der Waals surface area contributed by atoms with Crippen molar-refractivity contribution in [2.24, 2.45) is 0 Å². The molecule has 1 aromatic heterocycles. The van der Waals surface area contributed by atoms with Gasteiger partial charge >= 0.3 is 5.97 Å². The summed E-state index contributed by atoms with van der Waals surface area (Å²) in [6.45, 7) is 4.91. The van der Waals surface area contributed by atoms with Gasteiger partial charge in [-0.2, -0.15) is 0 Å². The van der Waals surface area contributed by atoms with Crippen molar-refractivity contribution in [2.75, 3.05) is 26.7 Å². The Morgan fingerprint density at radius 2 is 1.74 bits per heavy atom. The molecule has 2 aliphatic heterocycles. The molecule has 0 aliphatic carbocycles. The molecule has 8 nitrogen and oxygen atoms in total. The summed E-state index contributed by atoms with van der Waals surface area (Å²) < 4.78 is 6.85. The number of thioether (sulfide) groups is 1. The maximum Gasteiger partial charge on any atom is 0.339 e. The number of methoxy groups -OCH3 is 1. The number of aromatic nitrogens is 1. The summed E-state index contributed by atoms with van der Waals surface area (Å²) in [6, 6.07) is 9.05. The number of imide groups is 1. The number of amides is 3. The van der Waals surface area contributed by atoms with Crippen molar-refractivity contribution in [1.29, 1.82) is 0 Å². The molecule has 2 saturated heterocycles. The fourth-order valence-corrected chi connectivity index (χ4v) is 5.42. The van der Waals surface area contributed by atoms with Gasteiger partial charge in [-0.05, 0) is 68.3 Å². The van der Waals surface area contributed by atoms with E-state index in [1.807, 2.05) is 36.6 Å². The van der Waals surface area contributed by atoms with Crippen molar-refractivity contribution in [3.8, 4) is 5.69 Å². The first kappa shape index (κ1) is 24.8. The first-order chi connectivity index (χ1) is 16.8. The van der Waals surface area contributed by atoms with Crippen LogP contribution in [0.25, 0.3) is 11.8 Å². The average molecular weight is 496 g/mol. The SMILES string of the molecule is COC(=O)c1ccccc1-n1c(C)cc(C=C2SC(=O)N(CC(=O)N3CCCCCC3)C2=O)c1C. The molecular formula is C26H29N3O5S. The van der Waals surface area contributed by atoms with Gasteiger partial charge in [0.25, 0.3) is 11.1 Å². The third kappa shape index (κ3) is 5.05. The number of likely N-dealkylation sites (tertiary alicyclic amines) is 1. The zero-order valence-corrected chi connectivity index (χ0v) is 21.0. The van der Waals surface area contributed by atoms with Gasteiger partial charge in [-0.3, -0.25) is 19.3 Å². The van der Waals surface area contributed by atoms with Crippen LogP contribution in [0.5, 0.6) is 0 Å². The molecule has 1 aromatic carbocycles. The first-order valence-electron chi connectivity index (χ1n) is 11.7. The summed E-state index contributed by atoms with van der Waals surface area (Å²) in [7, 11) is 1.34. The summed E-state index contributed by atoms with van der Waals surface area (Å²) >= 11 is 0.845. The Morgan fingerprint density at radius 3 is 2.43 bits per heavy atom. The molecule has 0 saturated carbocycles. The lowest BCUT2D eigenvalue weighted by molar-refractivity contribution is -0.135. The number of carbonyl (C=O) groups excluding carboxylic acids is 4. The van der Waals surface area contributed by atoms with Crippen LogP contribution >= 0.6 is 11.8 Å². The molecular weight excluding hydrogens is 466 g/mol. The lowest BCUT2D eigenvalue weighted by atomic mass is 10.1. The van der Waals surface area contributed by atoms with Gasteiger partial charge in [-0.15, -0.1) is 0 Å². The topological polar surface area (TPSA) is 88.9 Å². The number of nitrogens with zero attached hydrogens (tertiary/aromatic N) is 3. The van der Waals surface area contributed by atoms with Crippen LogP contribution in [0.15, 0.2) is 35.2 Å². The Hall–Kier alpha value is -3.33. The molecule has 0 atom stereocenters. The normalized spacial score (nSPS) is 17.7. The van der Waals surface area contributed by atoms with E-state index in [0.717, 1.165) is 59.3 Å². The molecule has 0 N–H and O–H groups in total. The Balaban J connectivity index is 1.58. The molecule has 2 aromatic rings. The molecule has 0 spiro atoms. The Labute approximate surface area is 208 Å². The standard InChI is InChI=1S/C26H29N3O5S/c1-17-14-19(18(2)29(17)21-11-7-6-10-20(21)25(32)34-3)15-22-24(31)28(26(33)35-22)16-23(30)27-12-8-4-5-9-13-27/h6-7,10-11,14-15H,4-5,8-9,12-13,16H2,1-3H3. The molecule has 0 unspecified atom stereocenters. The van der Waals surface area contributed by atoms with Crippen molar-refractivity contribution < 1.29 is 23.9 Å². The fraction of sp³-hybridized carbons (Fsp3) is 0.385. The fourth-order valence-electron chi connectivity index (χ4n) is 4.59. The number of rotatable bonds is 5. The van der Waals surface area contributed by atoms with E-state index in [-0.39, 0.29) is 17.4 Å². The van der Waals surface area contributed by atoms with Crippen molar-refractivity contribution in [3.63, 3.8) is 0 Å². The highest BCUT2D eigenvalue weighted by Gasteiger charge is 2.37. The lowest BCUT2D eigenvalue weighted by Crippen LogP contribution is -2.42. The molecule has 2 aliphatic rings. The number of aryl methyl sites for hydroxylation is 1. The highest BCUT2D eigenvalue weighted by atomic mass is 32.2. The second-order valence-electron chi connectivity index (χ2n) is 8.73. The number of hydrogen-bond donors (Lipinski definition) is 0. The molecule has 3 heterocycles. The van der Waals surface area contributed by atoms with Crippen LogP contribution < -0.4 is 0 Å².